The van der Waals surface area contributed by atoms with E-state index in [2.05, 4.69) is 0 Å². The first kappa shape index (κ1) is 15.2. The number of amides is 1. The molecule has 2 aromatic carbocycles. The van der Waals surface area contributed by atoms with E-state index >= 15 is 0 Å². The summed E-state index contributed by atoms with van der Waals surface area (Å²) in [5, 5.41) is 9.13. The zero-order valence-electron chi connectivity index (χ0n) is 13.0. The molecule has 0 unspecified atom stereocenters. The molecule has 0 spiro atoms. The van der Waals surface area contributed by atoms with Gasteiger partial charge in [-0.05, 0) is 23.6 Å². The number of nitrogens with zero attached hydrogens (tertiary/aromatic N) is 1. The summed E-state index contributed by atoms with van der Waals surface area (Å²) in [6, 6.07) is 13.7. The Morgan fingerprint density at radius 3 is 2.70 bits per heavy atom. The van der Waals surface area contributed by atoms with Gasteiger partial charge in [0.1, 0.15) is 6.61 Å². The Labute approximate surface area is 135 Å². The maximum atomic E-state index is 11.1. The molecule has 0 radical (unpaired) electrons. The standard InChI is InChI=1S/C18H19NO4/c1-22-17-15-9-10-19(18(20)21)11-14(15)7-8-16(17)23-12-13-5-3-2-4-6-13/h2-8H,9-12H2,1H3,(H,20,21). The number of carboxylic acid groups (broad SMARTS) is 1. The lowest BCUT2D eigenvalue weighted by molar-refractivity contribution is 0.139. The number of ether oxygens (including phenoxy) is 2. The summed E-state index contributed by atoms with van der Waals surface area (Å²) < 4.78 is 11.4. The largest absolute Gasteiger partial charge is 0.493 e. The first-order valence-corrected chi connectivity index (χ1v) is 7.52. The molecular formula is C18H19NO4. The Hall–Kier alpha value is -2.69. The number of fused-ring (bicyclic) bond motifs is 1. The highest BCUT2D eigenvalue weighted by Crippen LogP contribution is 2.37. The van der Waals surface area contributed by atoms with E-state index < -0.39 is 6.09 Å². The molecule has 2 aromatic rings. The molecule has 0 saturated heterocycles. The smallest absolute Gasteiger partial charge is 0.407 e. The van der Waals surface area contributed by atoms with Gasteiger partial charge in [0.05, 0.1) is 7.11 Å². The highest BCUT2D eigenvalue weighted by atomic mass is 16.5. The predicted octanol–water partition coefficient (Wildman–Crippen LogP) is 3.31. The van der Waals surface area contributed by atoms with Gasteiger partial charge in [-0.15, -0.1) is 0 Å². The lowest BCUT2D eigenvalue weighted by Gasteiger charge is -2.28. The topological polar surface area (TPSA) is 59.0 Å². The zero-order valence-corrected chi connectivity index (χ0v) is 13.0. The molecular weight excluding hydrogens is 294 g/mol. The van der Waals surface area contributed by atoms with Crippen LogP contribution in [-0.2, 0) is 19.6 Å². The molecule has 0 aromatic heterocycles. The second-order valence-corrected chi connectivity index (χ2v) is 5.46. The molecule has 5 heteroatoms. The Balaban J connectivity index is 1.81. The van der Waals surface area contributed by atoms with Gasteiger partial charge < -0.3 is 19.5 Å². The maximum Gasteiger partial charge on any atom is 0.407 e. The van der Waals surface area contributed by atoms with Crippen molar-refractivity contribution in [3.05, 3.63) is 59.2 Å². The summed E-state index contributed by atoms with van der Waals surface area (Å²) in [4.78, 5) is 12.5. The van der Waals surface area contributed by atoms with E-state index in [1.54, 1.807) is 7.11 Å². The van der Waals surface area contributed by atoms with E-state index in [1.165, 1.54) is 4.90 Å². The van der Waals surface area contributed by atoms with Gasteiger partial charge in [-0.2, -0.15) is 0 Å². The fraction of sp³-hybridized carbons (Fsp3) is 0.278. The van der Waals surface area contributed by atoms with Gasteiger partial charge in [0, 0.05) is 18.7 Å². The first-order valence-electron chi connectivity index (χ1n) is 7.52. The van der Waals surface area contributed by atoms with E-state index in [-0.39, 0.29) is 0 Å². The van der Waals surface area contributed by atoms with Gasteiger partial charge in [0.15, 0.2) is 11.5 Å². The normalized spacial score (nSPS) is 13.3. The number of carbonyl (C=O) groups is 1. The summed E-state index contributed by atoms with van der Waals surface area (Å²) >= 11 is 0. The Morgan fingerprint density at radius 2 is 2.00 bits per heavy atom. The van der Waals surface area contributed by atoms with Crippen molar-refractivity contribution in [3.8, 4) is 11.5 Å². The van der Waals surface area contributed by atoms with Crippen LogP contribution in [0.4, 0.5) is 4.79 Å². The fourth-order valence-corrected chi connectivity index (χ4v) is 2.84. The zero-order chi connectivity index (χ0) is 16.2. The molecule has 3 rings (SSSR count). The third-order valence-electron chi connectivity index (χ3n) is 4.03. The minimum atomic E-state index is -0.890. The lowest BCUT2D eigenvalue weighted by Crippen LogP contribution is -2.34. The molecule has 5 nitrogen and oxygen atoms in total. The number of rotatable bonds is 4. The highest BCUT2D eigenvalue weighted by Gasteiger charge is 2.24. The van der Waals surface area contributed by atoms with Crippen LogP contribution in [0.15, 0.2) is 42.5 Å². The molecule has 1 aliphatic rings. The molecule has 1 heterocycles. The summed E-state index contributed by atoms with van der Waals surface area (Å²) in [5.41, 5.74) is 3.10. The van der Waals surface area contributed by atoms with Crippen molar-refractivity contribution in [2.75, 3.05) is 13.7 Å². The second kappa shape index (κ2) is 6.60. The van der Waals surface area contributed by atoms with Crippen LogP contribution in [0.5, 0.6) is 11.5 Å². The number of hydrogen-bond acceptors (Lipinski definition) is 3. The van der Waals surface area contributed by atoms with Crippen LogP contribution in [0, 0.1) is 0 Å². The van der Waals surface area contributed by atoms with Crippen molar-refractivity contribution in [2.24, 2.45) is 0 Å². The average Bonchev–Trinajstić information content (AvgIpc) is 2.59. The molecule has 0 aliphatic carbocycles. The van der Waals surface area contributed by atoms with Crippen molar-refractivity contribution in [3.63, 3.8) is 0 Å². The molecule has 0 fully saturated rings. The van der Waals surface area contributed by atoms with Crippen LogP contribution < -0.4 is 9.47 Å². The molecule has 0 bridgehead atoms. The van der Waals surface area contributed by atoms with E-state index in [9.17, 15) is 4.79 Å². The number of benzene rings is 2. The van der Waals surface area contributed by atoms with Gasteiger partial charge in [-0.3, -0.25) is 0 Å². The Kier molecular flexibility index (Phi) is 4.37. The number of methoxy groups -OCH3 is 1. The minimum absolute atomic E-state index is 0.389. The van der Waals surface area contributed by atoms with Gasteiger partial charge in [0.2, 0.25) is 0 Å². The van der Waals surface area contributed by atoms with Gasteiger partial charge in [0.25, 0.3) is 0 Å². The molecule has 1 amide bonds. The van der Waals surface area contributed by atoms with E-state index in [0.717, 1.165) is 16.7 Å². The van der Waals surface area contributed by atoms with Crippen LogP contribution in [0.3, 0.4) is 0 Å². The van der Waals surface area contributed by atoms with Crippen LogP contribution in [0.2, 0.25) is 0 Å². The van der Waals surface area contributed by atoms with E-state index in [0.29, 0.717) is 37.6 Å². The van der Waals surface area contributed by atoms with Crippen LogP contribution >= 0.6 is 0 Å². The van der Waals surface area contributed by atoms with Crippen molar-refractivity contribution in [2.45, 2.75) is 19.6 Å². The molecule has 120 valence electrons. The van der Waals surface area contributed by atoms with Crippen LogP contribution in [0.1, 0.15) is 16.7 Å². The first-order chi connectivity index (χ1) is 11.2. The predicted molar refractivity (Wildman–Crippen MR) is 85.9 cm³/mol. The average molecular weight is 313 g/mol. The second-order valence-electron chi connectivity index (χ2n) is 5.46. The lowest BCUT2D eigenvalue weighted by atomic mass is 9.98. The Morgan fingerprint density at radius 1 is 1.22 bits per heavy atom. The van der Waals surface area contributed by atoms with E-state index in [4.69, 9.17) is 14.6 Å². The molecule has 1 N–H and O–H groups in total. The highest BCUT2D eigenvalue weighted by molar-refractivity contribution is 5.66. The summed E-state index contributed by atoms with van der Waals surface area (Å²) in [6.07, 6.45) is -0.258. The van der Waals surface area contributed by atoms with Crippen molar-refractivity contribution in [1.29, 1.82) is 0 Å². The molecule has 0 atom stereocenters. The monoisotopic (exact) mass is 313 g/mol. The molecule has 23 heavy (non-hydrogen) atoms. The van der Waals surface area contributed by atoms with Crippen molar-refractivity contribution in [1.82, 2.24) is 4.90 Å². The van der Waals surface area contributed by atoms with Gasteiger partial charge >= 0.3 is 6.09 Å². The summed E-state index contributed by atoms with van der Waals surface area (Å²) in [6.45, 7) is 1.33. The van der Waals surface area contributed by atoms with Crippen LogP contribution in [-0.4, -0.2) is 29.8 Å². The third-order valence-corrected chi connectivity index (χ3v) is 4.03. The van der Waals surface area contributed by atoms with Crippen LogP contribution in [0.25, 0.3) is 0 Å². The summed E-state index contributed by atoms with van der Waals surface area (Å²) in [7, 11) is 1.62. The van der Waals surface area contributed by atoms with E-state index in [1.807, 2.05) is 42.5 Å². The minimum Gasteiger partial charge on any atom is -0.493 e. The fourth-order valence-electron chi connectivity index (χ4n) is 2.84. The van der Waals surface area contributed by atoms with Crippen molar-refractivity contribution >= 4 is 6.09 Å². The maximum absolute atomic E-state index is 11.1. The van der Waals surface area contributed by atoms with Gasteiger partial charge in [-0.25, -0.2) is 4.79 Å². The van der Waals surface area contributed by atoms with Gasteiger partial charge in [-0.1, -0.05) is 36.4 Å². The SMILES string of the molecule is COc1c(OCc2ccccc2)ccc2c1CCN(C(=O)O)C2. The van der Waals surface area contributed by atoms with Crippen molar-refractivity contribution < 1.29 is 19.4 Å². The molecule has 1 aliphatic heterocycles. The summed E-state index contributed by atoms with van der Waals surface area (Å²) in [5.74, 6) is 1.40. The quantitative estimate of drug-likeness (QED) is 0.941. The molecule has 0 saturated carbocycles. The third kappa shape index (κ3) is 3.23. The number of hydrogen-bond donors (Lipinski definition) is 1. The Bertz CT molecular complexity index is 700.